The largest absolute Gasteiger partial charge is 0.460 e. The summed E-state index contributed by atoms with van der Waals surface area (Å²) in [5.74, 6) is 1.16. The average Bonchev–Trinajstić information content (AvgIpc) is 2.67. The molecule has 0 atom stereocenters. The highest BCUT2D eigenvalue weighted by Gasteiger charge is 2.16. The van der Waals surface area contributed by atoms with Crippen LogP contribution in [0.1, 0.15) is 38.5 Å². The molecule has 1 saturated carbocycles. The van der Waals surface area contributed by atoms with Crippen molar-refractivity contribution in [1.29, 1.82) is 0 Å². The Labute approximate surface area is 114 Å². The topological polar surface area (TPSA) is 63.2 Å². The zero-order chi connectivity index (χ0) is 13.7. The summed E-state index contributed by atoms with van der Waals surface area (Å²) in [5, 5.41) is 2.94. The van der Waals surface area contributed by atoms with Gasteiger partial charge in [-0.15, -0.1) is 0 Å². The fourth-order valence-electron chi connectivity index (χ4n) is 2.22. The van der Waals surface area contributed by atoms with Crippen LogP contribution in [-0.2, 0) is 0 Å². The number of aromatic nitrogens is 3. The van der Waals surface area contributed by atoms with Crippen molar-refractivity contribution in [3.05, 3.63) is 0 Å². The molecule has 0 amide bonds. The van der Waals surface area contributed by atoms with Crippen molar-refractivity contribution in [1.82, 2.24) is 15.0 Å². The van der Waals surface area contributed by atoms with Gasteiger partial charge in [-0.25, -0.2) is 0 Å². The second-order valence-corrected chi connectivity index (χ2v) is 5.12. The first-order chi connectivity index (χ1) is 9.19. The molecular weight excluding hydrogens is 242 g/mol. The van der Waals surface area contributed by atoms with Crippen molar-refractivity contribution < 1.29 is 4.74 Å². The Balaban J connectivity index is 2.11. The highest BCUT2D eigenvalue weighted by molar-refractivity contribution is 5.36. The van der Waals surface area contributed by atoms with Crippen LogP contribution in [0.5, 0.6) is 6.01 Å². The van der Waals surface area contributed by atoms with Crippen molar-refractivity contribution >= 4 is 11.9 Å². The predicted octanol–water partition coefficient (Wildman–Crippen LogP) is 2.08. The molecule has 6 nitrogen and oxygen atoms in total. The average molecular weight is 265 g/mol. The molecule has 0 aliphatic heterocycles. The molecule has 6 heteroatoms. The molecule has 1 N–H and O–H groups in total. The normalized spacial score (nSPS) is 16.8. The first-order valence-corrected chi connectivity index (χ1v) is 6.97. The van der Waals surface area contributed by atoms with Gasteiger partial charge in [-0.05, 0) is 25.7 Å². The predicted molar refractivity (Wildman–Crippen MR) is 75.8 cm³/mol. The number of nitrogens with zero attached hydrogens (tertiary/aromatic N) is 4. The molecule has 1 aromatic heterocycles. The molecule has 1 aromatic rings. The summed E-state index contributed by atoms with van der Waals surface area (Å²) in [6.45, 7) is 0. The van der Waals surface area contributed by atoms with Gasteiger partial charge in [-0.1, -0.05) is 12.8 Å². The Morgan fingerprint density at radius 1 is 1.05 bits per heavy atom. The molecule has 0 bridgehead atoms. The van der Waals surface area contributed by atoms with Gasteiger partial charge in [0.2, 0.25) is 11.9 Å². The maximum Gasteiger partial charge on any atom is 0.323 e. The Hall–Kier alpha value is -1.59. The van der Waals surface area contributed by atoms with E-state index in [0.717, 1.165) is 12.8 Å². The van der Waals surface area contributed by atoms with Crippen LogP contribution >= 0.6 is 0 Å². The number of ether oxygens (including phenoxy) is 1. The van der Waals surface area contributed by atoms with Crippen LogP contribution in [0.3, 0.4) is 0 Å². The van der Waals surface area contributed by atoms with E-state index >= 15 is 0 Å². The molecular formula is C13H23N5O. The monoisotopic (exact) mass is 265 g/mol. The van der Waals surface area contributed by atoms with E-state index in [9.17, 15) is 0 Å². The van der Waals surface area contributed by atoms with E-state index in [1.54, 1.807) is 7.05 Å². The Morgan fingerprint density at radius 3 is 2.32 bits per heavy atom. The van der Waals surface area contributed by atoms with E-state index < -0.39 is 0 Å². The van der Waals surface area contributed by atoms with Gasteiger partial charge in [-0.3, -0.25) is 0 Å². The molecule has 1 heterocycles. The van der Waals surface area contributed by atoms with Crippen LogP contribution < -0.4 is 15.0 Å². The summed E-state index contributed by atoms with van der Waals surface area (Å²) >= 11 is 0. The first kappa shape index (κ1) is 13.8. The number of anilines is 2. The molecule has 0 aromatic carbocycles. The molecule has 106 valence electrons. The van der Waals surface area contributed by atoms with Crippen LogP contribution in [-0.4, -0.2) is 42.2 Å². The number of nitrogens with one attached hydrogen (secondary N) is 1. The molecule has 1 aliphatic rings. The third-order valence-corrected chi connectivity index (χ3v) is 3.30. The lowest BCUT2D eigenvalue weighted by atomic mass is 10.2. The standard InChI is InChI=1S/C13H23N5O/c1-14-11-15-12(18(2)3)17-13(16-11)19-10-8-6-4-5-7-9-10/h10H,4-9H2,1-3H3,(H,14,15,16,17). The second kappa shape index (κ2) is 6.54. The number of hydrogen-bond donors (Lipinski definition) is 1. The van der Waals surface area contributed by atoms with Gasteiger partial charge in [-0.2, -0.15) is 15.0 Å². The van der Waals surface area contributed by atoms with E-state index in [4.69, 9.17) is 4.74 Å². The van der Waals surface area contributed by atoms with Crippen LogP contribution in [0.25, 0.3) is 0 Å². The minimum atomic E-state index is 0.240. The van der Waals surface area contributed by atoms with Crippen molar-refractivity contribution in [2.45, 2.75) is 44.6 Å². The van der Waals surface area contributed by atoms with Crippen molar-refractivity contribution in [3.63, 3.8) is 0 Å². The van der Waals surface area contributed by atoms with Gasteiger partial charge < -0.3 is 15.0 Å². The van der Waals surface area contributed by atoms with Gasteiger partial charge in [0.1, 0.15) is 6.10 Å². The van der Waals surface area contributed by atoms with E-state index in [-0.39, 0.29) is 6.10 Å². The lowest BCUT2D eigenvalue weighted by molar-refractivity contribution is 0.168. The van der Waals surface area contributed by atoms with E-state index in [1.165, 1.54) is 25.7 Å². The summed E-state index contributed by atoms with van der Waals surface area (Å²) in [7, 11) is 5.61. The molecule has 0 unspecified atom stereocenters. The van der Waals surface area contributed by atoms with Gasteiger partial charge >= 0.3 is 6.01 Å². The Morgan fingerprint density at radius 2 is 1.74 bits per heavy atom. The van der Waals surface area contributed by atoms with Crippen LogP contribution in [0, 0.1) is 0 Å². The summed E-state index contributed by atoms with van der Waals surface area (Å²) in [5.41, 5.74) is 0. The molecule has 1 fully saturated rings. The zero-order valence-corrected chi connectivity index (χ0v) is 12.0. The highest BCUT2D eigenvalue weighted by atomic mass is 16.5. The molecule has 0 radical (unpaired) electrons. The van der Waals surface area contributed by atoms with Crippen molar-refractivity contribution in [3.8, 4) is 6.01 Å². The number of hydrogen-bond acceptors (Lipinski definition) is 6. The zero-order valence-electron chi connectivity index (χ0n) is 12.0. The van der Waals surface area contributed by atoms with Gasteiger partial charge in [0, 0.05) is 21.1 Å². The van der Waals surface area contributed by atoms with Gasteiger partial charge in [0.05, 0.1) is 0 Å². The van der Waals surface area contributed by atoms with Crippen molar-refractivity contribution in [2.75, 3.05) is 31.4 Å². The summed E-state index contributed by atoms with van der Waals surface area (Å²) in [6.07, 6.45) is 7.51. The summed E-state index contributed by atoms with van der Waals surface area (Å²) in [6, 6.07) is 0.426. The van der Waals surface area contributed by atoms with Gasteiger partial charge in [0.25, 0.3) is 0 Å². The Bertz CT molecular complexity index is 402. The molecule has 0 spiro atoms. The second-order valence-electron chi connectivity index (χ2n) is 5.12. The third kappa shape index (κ3) is 3.94. The summed E-state index contributed by atoms with van der Waals surface area (Å²) in [4.78, 5) is 14.7. The molecule has 0 saturated heterocycles. The fourth-order valence-corrected chi connectivity index (χ4v) is 2.22. The maximum atomic E-state index is 5.94. The highest BCUT2D eigenvalue weighted by Crippen LogP contribution is 2.22. The third-order valence-electron chi connectivity index (χ3n) is 3.30. The van der Waals surface area contributed by atoms with Crippen LogP contribution in [0.2, 0.25) is 0 Å². The smallest absolute Gasteiger partial charge is 0.323 e. The molecule has 2 rings (SSSR count). The molecule has 1 aliphatic carbocycles. The van der Waals surface area contributed by atoms with Crippen LogP contribution in [0.15, 0.2) is 0 Å². The fraction of sp³-hybridized carbons (Fsp3) is 0.769. The number of rotatable bonds is 4. The minimum Gasteiger partial charge on any atom is -0.460 e. The van der Waals surface area contributed by atoms with E-state index in [2.05, 4.69) is 20.3 Å². The lowest BCUT2D eigenvalue weighted by Gasteiger charge is -2.17. The maximum absolute atomic E-state index is 5.94. The lowest BCUT2D eigenvalue weighted by Crippen LogP contribution is -2.20. The SMILES string of the molecule is CNc1nc(OC2CCCCCC2)nc(N(C)C)n1. The quantitative estimate of drug-likeness (QED) is 0.841. The van der Waals surface area contributed by atoms with Crippen molar-refractivity contribution in [2.24, 2.45) is 0 Å². The molecule has 19 heavy (non-hydrogen) atoms. The summed E-state index contributed by atoms with van der Waals surface area (Å²) < 4.78 is 5.94. The Kier molecular flexibility index (Phi) is 4.76. The van der Waals surface area contributed by atoms with Crippen LogP contribution in [0.4, 0.5) is 11.9 Å². The van der Waals surface area contributed by atoms with Gasteiger partial charge in [0.15, 0.2) is 0 Å². The van der Waals surface area contributed by atoms with E-state index in [1.807, 2.05) is 19.0 Å². The minimum absolute atomic E-state index is 0.240. The van der Waals surface area contributed by atoms with E-state index in [0.29, 0.717) is 17.9 Å². The first-order valence-electron chi connectivity index (χ1n) is 6.97.